The molecule has 1 aromatic carbocycles. The van der Waals surface area contributed by atoms with Crippen LogP contribution in [0.15, 0.2) is 42.6 Å². The van der Waals surface area contributed by atoms with Gasteiger partial charge in [0.1, 0.15) is 11.0 Å². The van der Waals surface area contributed by atoms with Crippen LogP contribution in [0.4, 0.5) is 0 Å². The van der Waals surface area contributed by atoms with Gasteiger partial charge in [-0.2, -0.15) is 5.10 Å². The van der Waals surface area contributed by atoms with Crippen molar-refractivity contribution in [2.45, 2.75) is 18.8 Å². The predicted molar refractivity (Wildman–Crippen MR) is 123 cm³/mol. The molecule has 6 heterocycles. The number of hydrogen-bond acceptors (Lipinski definition) is 7. The second-order valence-corrected chi connectivity index (χ2v) is 8.44. The monoisotopic (exact) mass is 439 g/mol. The number of ether oxygens (including phenoxy) is 2. The maximum Gasteiger partial charge on any atom is 0.231 e. The van der Waals surface area contributed by atoms with Gasteiger partial charge in [0.05, 0.1) is 16.7 Å². The molecule has 33 heavy (non-hydrogen) atoms. The first-order valence-electron chi connectivity index (χ1n) is 11.1. The third kappa shape index (κ3) is 3.04. The summed E-state index contributed by atoms with van der Waals surface area (Å²) in [4.78, 5) is 17.9. The molecule has 0 aliphatic carbocycles. The summed E-state index contributed by atoms with van der Waals surface area (Å²) in [5, 5.41) is 11.1. The lowest BCUT2D eigenvalue weighted by Crippen LogP contribution is -2.27. The molecule has 9 heteroatoms. The van der Waals surface area contributed by atoms with E-state index in [0.29, 0.717) is 17.4 Å². The maximum absolute atomic E-state index is 5.54. The quantitative estimate of drug-likeness (QED) is 0.392. The number of aromatic nitrogens is 6. The van der Waals surface area contributed by atoms with Crippen molar-refractivity contribution in [1.82, 2.24) is 35.5 Å². The molecule has 0 atom stereocenters. The van der Waals surface area contributed by atoms with E-state index >= 15 is 0 Å². The Balaban J connectivity index is 1.33. The Morgan fingerprint density at radius 1 is 0.848 bits per heavy atom. The van der Waals surface area contributed by atoms with Crippen molar-refractivity contribution in [3.05, 3.63) is 48.3 Å². The Morgan fingerprint density at radius 2 is 1.73 bits per heavy atom. The molecule has 9 nitrogen and oxygen atoms in total. The zero-order valence-electron chi connectivity index (χ0n) is 17.8. The number of hydrogen-bond donors (Lipinski definition) is 3. The lowest BCUT2D eigenvalue weighted by Gasteiger charge is -2.22. The van der Waals surface area contributed by atoms with Crippen LogP contribution in [0.5, 0.6) is 11.5 Å². The highest BCUT2D eigenvalue weighted by Gasteiger charge is 2.21. The number of nitrogens with zero attached hydrogens (tertiary/aromatic N) is 4. The number of fused-ring (bicyclic) bond motifs is 3. The molecule has 7 rings (SSSR count). The Morgan fingerprint density at radius 3 is 2.67 bits per heavy atom. The van der Waals surface area contributed by atoms with E-state index in [-0.39, 0.29) is 6.79 Å². The van der Waals surface area contributed by atoms with Crippen LogP contribution in [-0.2, 0) is 0 Å². The highest BCUT2D eigenvalue weighted by Crippen LogP contribution is 2.37. The normalized spacial score (nSPS) is 16.1. The Kier molecular flexibility index (Phi) is 4.10. The number of rotatable bonds is 3. The van der Waals surface area contributed by atoms with Crippen molar-refractivity contribution in [2.24, 2.45) is 0 Å². The van der Waals surface area contributed by atoms with Crippen LogP contribution in [-0.4, -0.2) is 50.0 Å². The minimum atomic E-state index is 0.238. The van der Waals surface area contributed by atoms with E-state index in [1.807, 2.05) is 24.3 Å². The zero-order valence-corrected chi connectivity index (χ0v) is 17.8. The number of pyridine rings is 2. The van der Waals surface area contributed by atoms with Crippen LogP contribution in [0.2, 0.25) is 0 Å². The van der Waals surface area contributed by atoms with Crippen LogP contribution in [0.1, 0.15) is 24.5 Å². The molecule has 1 saturated heterocycles. The van der Waals surface area contributed by atoms with Crippen molar-refractivity contribution < 1.29 is 9.47 Å². The van der Waals surface area contributed by atoms with Crippen LogP contribution in [0, 0.1) is 0 Å². The molecule has 164 valence electrons. The fourth-order valence-corrected chi connectivity index (χ4v) is 4.73. The first-order chi connectivity index (χ1) is 16.3. The van der Waals surface area contributed by atoms with Crippen molar-refractivity contribution in [1.29, 1.82) is 0 Å². The van der Waals surface area contributed by atoms with Gasteiger partial charge in [-0.25, -0.2) is 9.97 Å². The summed E-state index contributed by atoms with van der Waals surface area (Å²) in [6, 6.07) is 11.9. The number of imidazole rings is 1. The zero-order chi connectivity index (χ0) is 21.8. The van der Waals surface area contributed by atoms with Gasteiger partial charge < -0.3 is 19.8 Å². The number of H-pyrrole nitrogens is 2. The second kappa shape index (κ2) is 7.28. The smallest absolute Gasteiger partial charge is 0.231 e. The van der Waals surface area contributed by atoms with Gasteiger partial charge in [0.2, 0.25) is 6.79 Å². The summed E-state index contributed by atoms with van der Waals surface area (Å²) in [6.07, 6.45) is 3.97. The number of aromatic amines is 2. The van der Waals surface area contributed by atoms with Crippen molar-refractivity contribution in [3.63, 3.8) is 0 Å². The van der Waals surface area contributed by atoms with E-state index in [2.05, 4.69) is 37.6 Å². The topological polar surface area (TPSA) is 114 Å². The Bertz CT molecular complexity index is 1500. The van der Waals surface area contributed by atoms with Crippen molar-refractivity contribution in [2.75, 3.05) is 19.9 Å². The van der Waals surface area contributed by atoms with Gasteiger partial charge >= 0.3 is 0 Å². The van der Waals surface area contributed by atoms with Gasteiger partial charge in [0, 0.05) is 23.4 Å². The number of piperidine rings is 1. The highest BCUT2D eigenvalue weighted by molar-refractivity contribution is 5.94. The molecule has 3 N–H and O–H groups in total. The van der Waals surface area contributed by atoms with Crippen molar-refractivity contribution in [3.8, 4) is 34.3 Å². The van der Waals surface area contributed by atoms with Gasteiger partial charge in [-0.05, 0) is 62.3 Å². The van der Waals surface area contributed by atoms with Crippen molar-refractivity contribution >= 4 is 22.1 Å². The SMILES string of the molecule is c1cc2[nH]c(-c3n[nH]c4ccc(C5CCNCC5)nc34)nc2c(-c2ccc3c(c2)OCO3)n1. The van der Waals surface area contributed by atoms with E-state index in [9.17, 15) is 0 Å². The number of nitrogens with one attached hydrogen (secondary N) is 3. The molecular formula is C24H21N7O2. The fourth-order valence-electron chi connectivity index (χ4n) is 4.73. The molecule has 0 unspecified atom stereocenters. The summed E-state index contributed by atoms with van der Waals surface area (Å²) in [5.74, 6) is 2.60. The van der Waals surface area contributed by atoms with E-state index in [4.69, 9.17) is 19.4 Å². The van der Waals surface area contributed by atoms with E-state index in [1.165, 1.54) is 0 Å². The minimum Gasteiger partial charge on any atom is -0.454 e. The van der Waals surface area contributed by atoms with E-state index < -0.39 is 0 Å². The summed E-state index contributed by atoms with van der Waals surface area (Å²) in [5.41, 5.74) is 6.92. The molecule has 2 aliphatic heterocycles. The van der Waals surface area contributed by atoms with Crippen LogP contribution in [0.3, 0.4) is 0 Å². The summed E-state index contributed by atoms with van der Waals surface area (Å²) >= 11 is 0. The summed E-state index contributed by atoms with van der Waals surface area (Å²) in [6.45, 7) is 2.30. The van der Waals surface area contributed by atoms with Crippen LogP contribution in [0.25, 0.3) is 44.8 Å². The Hall–Kier alpha value is -3.98. The lowest BCUT2D eigenvalue weighted by atomic mass is 9.94. The van der Waals surface area contributed by atoms with Gasteiger partial charge in [0.25, 0.3) is 0 Å². The standard InChI is InChI=1S/C24H21N7O2/c1-4-18-19(33-12-32-18)11-14(1)20-21-16(7-10-26-20)28-24(29-21)23-22-17(30-31-23)3-2-15(27-22)13-5-8-25-9-6-13/h1-4,7,10-11,13,25H,5-6,8-9,12H2,(H,28,29)(H,30,31). The summed E-state index contributed by atoms with van der Waals surface area (Å²) in [7, 11) is 0. The molecule has 0 bridgehead atoms. The molecule has 0 radical (unpaired) electrons. The molecule has 0 spiro atoms. The van der Waals surface area contributed by atoms with Gasteiger partial charge in [-0.1, -0.05) is 0 Å². The molecule has 0 saturated carbocycles. The van der Waals surface area contributed by atoms with Crippen LogP contribution >= 0.6 is 0 Å². The third-order valence-corrected chi connectivity index (χ3v) is 6.46. The molecular weight excluding hydrogens is 418 g/mol. The lowest BCUT2D eigenvalue weighted by molar-refractivity contribution is 0.174. The van der Waals surface area contributed by atoms with E-state index in [1.54, 1.807) is 6.20 Å². The van der Waals surface area contributed by atoms with Gasteiger partial charge in [-0.3, -0.25) is 10.1 Å². The molecule has 1 fully saturated rings. The third-order valence-electron chi connectivity index (χ3n) is 6.46. The average molecular weight is 439 g/mol. The molecule has 2 aliphatic rings. The fraction of sp³-hybridized carbons (Fsp3) is 0.250. The highest BCUT2D eigenvalue weighted by atomic mass is 16.7. The molecule has 5 aromatic rings. The first kappa shape index (κ1) is 18.6. The maximum atomic E-state index is 5.54. The molecule has 0 amide bonds. The predicted octanol–water partition coefficient (Wildman–Crippen LogP) is 3.76. The minimum absolute atomic E-state index is 0.238. The number of benzene rings is 1. The molecule has 4 aromatic heterocycles. The largest absolute Gasteiger partial charge is 0.454 e. The Labute approximate surface area is 188 Å². The average Bonchev–Trinajstić information content (AvgIpc) is 3.60. The summed E-state index contributed by atoms with van der Waals surface area (Å²) < 4.78 is 11.0. The van der Waals surface area contributed by atoms with Gasteiger partial charge in [0.15, 0.2) is 23.0 Å². The first-order valence-corrected chi connectivity index (χ1v) is 11.1. The second-order valence-electron chi connectivity index (χ2n) is 8.44. The van der Waals surface area contributed by atoms with Crippen LogP contribution < -0.4 is 14.8 Å². The van der Waals surface area contributed by atoms with Gasteiger partial charge in [-0.15, -0.1) is 0 Å². The van der Waals surface area contributed by atoms with E-state index in [0.717, 1.165) is 76.4 Å².